The molecule has 4 rings (SSSR count). The number of anilines is 3. The van der Waals surface area contributed by atoms with Gasteiger partial charge in [0.1, 0.15) is 0 Å². The van der Waals surface area contributed by atoms with Crippen LogP contribution >= 0.6 is 0 Å². The number of benzene rings is 4. The first-order valence-corrected chi connectivity index (χ1v) is 10.3. The summed E-state index contributed by atoms with van der Waals surface area (Å²) < 4.78 is 0. The standard InChI is InChI=1S/C28H26N2/c1-5-14-24(15-6-1)28(22-13-23-29-25-16-7-2-8-17-25)30(26-18-9-3-10-19-26)27-20-11-4-12-21-27/h1-22,28-29H,23H2/b22-13+. The molecule has 0 aliphatic rings. The molecule has 4 aromatic rings. The molecule has 2 heteroatoms. The largest absolute Gasteiger partial charge is 0.382 e. The molecule has 1 unspecified atom stereocenters. The maximum absolute atomic E-state index is 3.46. The van der Waals surface area contributed by atoms with Crippen molar-refractivity contribution in [1.29, 1.82) is 0 Å². The lowest BCUT2D eigenvalue weighted by Gasteiger charge is -2.32. The summed E-state index contributed by atoms with van der Waals surface area (Å²) in [4.78, 5) is 2.38. The quantitative estimate of drug-likeness (QED) is 0.319. The number of hydrogen-bond donors (Lipinski definition) is 1. The highest BCUT2D eigenvalue weighted by Crippen LogP contribution is 2.35. The fraction of sp³-hybridized carbons (Fsp3) is 0.0714. The molecule has 0 saturated heterocycles. The van der Waals surface area contributed by atoms with Gasteiger partial charge in [-0.05, 0) is 42.0 Å². The van der Waals surface area contributed by atoms with Gasteiger partial charge in [0, 0.05) is 23.6 Å². The number of para-hydroxylation sites is 3. The Balaban J connectivity index is 1.67. The Hall–Kier alpha value is -3.78. The normalized spacial score (nSPS) is 11.9. The molecule has 0 saturated carbocycles. The smallest absolute Gasteiger partial charge is 0.0776 e. The van der Waals surface area contributed by atoms with Crippen LogP contribution in [-0.2, 0) is 0 Å². The van der Waals surface area contributed by atoms with Crippen molar-refractivity contribution in [2.24, 2.45) is 0 Å². The zero-order valence-corrected chi connectivity index (χ0v) is 16.9. The molecule has 0 amide bonds. The summed E-state index contributed by atoms with van der Waals surface area (Å²) in [7, 11) is 0. The van der Waals surface area contributed by atoms with Gasteiger partial charge in [-0.2, -0.15) is 0 Å². The molecule has 0 radical (unpaired) electrons. The van der Waals surface area contributed by atoms with E-state index in [-0.39, 0.29) is 6.04 Å². The summed E-state index contributed by atoms with van der Waals surface area (Å²) in [6.07, 6.45) is 4.49. The fourth-order valence-electron chi connectivity index (χ4n) is 3.57. The lowest BCUT2D eigenvalue weighted by atomic mass is 10.0. The minimum atomic E-state index is 0.0774. The Morgan fingerprint density at radius 1 is 0.600 bits per heavy atom. The third kappa shape index (κ3) is 4.98. The number of nitrogens with zero attached hydrogens (tertiary/aromatic N) is 1. The zero-order chi connectivity index (χ0) is 20.4. The van der Waals surface area contributed by atoms with Crippen molar-refractivity contribution >= 4 is 17.1 Å². The Bertz CT molecular complexity index is 990. The van der Waals surface area contributed by atoms with Crippen molar-refractivity contribution in [2.45, 2.75) is 6.04 Å². The van der Waals surface area contributed by atoms with E-state index in [9.17, 15) is 0 Å². The van der Waals surface area contributed by atoms with Crippen LogP contribution in [0.3, 0.4) is 0 Å². The minimum Gasteiger partial charge on any atom is -0.382 e. The summed E-state index contributed by atoms with van der Waals surface area (Å²) in [6.45, 7) is 0.769. The second-order valence-corrected chi connectivity index (χ2v) is 7.07. The molecule has 0 aliphatic carbocycles. The molecule has 0 bridgehead atoms. The molecule has 2 nitrogen and oxygen atoms in total. The van der Waals surface area contributed by atoms with Crippen molar-refractivity contribution in [2.75, 3.05) is 16.8 Å². The van der Waals surface area contributed by atoms with Gasteiger partial charge in [-0.15, -0.1) is 0 Å². The number of hydrogen-bond acceptors (Lipinski definition) is 2. The van der Waals surface area contributed by atoms with Crippen molar-refractivity contribution in [3.8, 4) is 0 Å². The van der Waals surface area contributed by atoms with Crippen LogP contribution in [0.2, 0.25) is 0 Å². The van der Waals surface area contributed by atoms with E-state index in [0.29, 0.717) is 0 Å². The highest BCUT2D eigenvalue weighted by molar-refractivity contribution is 5.66. The molecule has 0 spiro atoms. The molecular weight excluding hydrogens is 364 g/mol. The van der Waals surface area contributed by atoms with Crippen molar-refractivity contribution < 1.29 is 0 Å². The third-order valence-corrected chi connectivity index (χ3v) is 5.00. The van der Waals surface area contributed by atoms with Gasteiger partial charge in [0.05, 0.1) is 6.04 Å². The highest BCUT2D eigenvalue weighted by Gasteiger charge is 2.20. The lowest BCUT2D eigenvalue weighted by molar-refractivity contribution is 0.848. The Labute approximate surface area is 179 Å². The lowest BCUT2D eigenvalue weighted by Crippen LogP contribution is -2.22. The summed E-state index contributed by atoms with van der Waals surface area (Å²) >= 11 is 0. The average molecular weight is 391 g/mol. The average Bonchev–Trinajstić information content (AvgIpc) is 2.83. The fourth-order valence-corrected chi connectivity index (χ4v) is 3.57. The Morgan fingerprint density at radius 2 is 1.07 bits per heavy atom. The van der Waals surface area contributed by atoms with Crippen molar-refractivity contribution in [1.82, 2.24) is 0 Å². The molecule has 30 heavy (non-hydrogen) atoms. The monoisotopic (exact) mass is 390 g/mol. The molecule has 0 fully saturated rings. The maximum atomic E-state index is 3.46. The molecule has 0 aromatic heterocycles. The van der Waals surface area contributed by atoms with Gasteiger partial charge in [-0.1, -0.05) is 97.1 Å². The summed E-state index contributed by atoms with van der Waals surface area (Å²) in [5, 5.41) is 3.46. The molecule has 0 aliphatic heterocycles. The summed E-state index contributed by atoms with van der Waals surface area (Å²) in [5.41, 5.74) is 4.71. The van der Waals surface area contributed by atoms with E-state index in [1.54, 1.807) is 0 Å². The third-order valence-electron chi connectivity index (χ3n) is 5.00. The van der Waals surface area contributed by atoms with Crippen LogP contribution in [-0.4, -0.2) is 6.54 Å². The van der Waals surface area contributed by atoms with E-state index in [0.717, 1.165) is 12.2 Å². The van der Waals surface area contributed by atoms with Gasteiger partial charge < -0.3 is 10.2 Å². The first-order valence-electron chi connectivity index (χ1n) is 10.3. The maximum Gasteiger partial charge on any atom is 0.0776 e. The minimum absolute atomic E-state index is 0.0774. The predicted octanol–water partition coefficient (Wildman–Crippen LogP) is 7.23. The predicted molar refractivity (Wildman–Crippen MR) is 128 cm³/mol. The van der Waals surface area contributed by atoms with E-state index in [1.807, 2.05) is 18.2 Å². The van der Waals surface area contributed by atoms with Gasteiger partial charge in [-0.3, -0.25) is 0 Å². The van der Waals surface area contributed by atoms with Gasteiger partial charge in [-0.25, -0.2) is 0 Å². The van der Waals surface area contributed by atoms with E-state index >= 15 is 0 Å². The number of nitrogens with one attached hydrogen (secondary N) is 1. The molecule has 4 aromatic carbocycles. The van der Waals surface area contributed by atoms with Crippen LogP contribution < -0.4 is 10.2 Å². The van der Waals surface area contributed by atoms with Crippen LogP contribution in [0.15, 0.2) is 133 Å². The summed E-state index contributed by atoms with van der Waals surface area (Å²) in [5.74, 6) is 0. The second kappa shape index (κ2) is 10.1. The first-order chi connectivity index (χ1) is 14.9. The Morgan fingerprint density at radius 3 is 1.60 bits per heavy atom. The van der Waals surface area contributed by atoms with Crippen LogP contribution in [0.5, 0.6) is 0 Å². The van der Waals surface area contributed by atoms with E-state index < -0.39 is 0 Å². The van der Waals surface area contributed by atoms with Crippen molar-refractivity contribution in [3.63, 3.8) is 0 Å². The second-order valence-electron chi connectivity index (χ2n) is 7.07. The first kappa shape index (κ1) is 19.5. The SMILES string of the molecule is C(=C\C(c1ccccc1)N(c1ccccc1)c1ccccc1)/CNc1ccccc1. The molecule has 148 valence electrons. The van der Waals surface area contributed by atoms with Crippen LogP contribution in [0.1, 0.15) is 11.6 Å². The van der Waals surface area contributed by atoms with Crippen molar-refractivity contribution in [3.05, 3.63) is 139 Å². The van der Waals surface area contributed by atoms with E-state index in [4.69, 9.17) is 0 Å². The number of rotatable bonds is 8. The van der Waals surface area contributed by atoms with Gasteiger partial charge in [0.2, 0.25) is 0 Å². The van der Waals surface area contributed by atoms with Crippen LogP contribution in [0.4, 0.5) is 17.1 Å². The van der Waals surface area contributed by atoms with Crippen LogP contribution in [0.25, 0.3) is 0 Å². The van der Waals surface area contributed by atoms with Gasteiger partial charge >= 0.3 is 0 Å². The summed E-state index contributed by atoms with van der Waals surface area (Å²) in [6, 6.07) is 42.2. The molecule has 1 atom stereocenters. The molecule has 0 heterocycles. The Kier molecular flexibility index (Phi) is 6.59. The molecule has 1 N–H and O–H groups in total. The zero-order valence-electron chi connectivity index (χ0n) is 16.9. The highest BCUT2D eigenvalue weighted by atomic mass is 15.2. The van der Waals surface area contributed by atoms with Gasteiger partial charge in [0.25, 0.3) is 0 Å². The van der Waals surface area contributed by atoms with Gasteiger partial charge in [0.15, 0.2) is 0 Å². The topological polar surface area (TPSA) is 15.3 Å². The van der Waals surface area contributed by atoms with Crippen LogP contribution in [0, 0.1) is 0 Å². The molecular formula is C28H26N2. The van der Waals surface area contributed by atoms with E-state index in [2.05, 4.69) is 125 Å². The van der Waals surface area contributed by atoms with E-state index in [1.165, 1.54) is 16.9 Å².